The van der Waals surface area contributed by atoms with Crippen LogP contribution in [-0.2, 0) is 41.6 Å². The monoisotopic (exact) mass is 568 g/mol. The third-order valence-electron chi connectivity index (χ3n) is 6.41. The Morgan fingerprint density at radius 1 is 1.05 bits per heavy atom. The minimum atomic E-state index is -4.27. The molecule has 216 valence electrons. The van der Waals surface area contributed by atoms with Crippen LogP contribution in [0.15, 0.2) is 23.6 Å². The molecule has 0 N–H and O–H groups in total. The van der Waals surface area contributed by atoms with Gasteiger partial charge in [-0.3, -0.25) is 9.69 Å². The maximum Gasteiger partial charge on any atom is 0.416 e. The number of ether oxygens (including phenoxy) is 2. The van der Waals surface area contributed by atoms with Gasteiger partial charge in [-0.15, -0.1) is 11.3 Å². The molecule has 39 heavy (non-hydrogen) atoms. The van der Waals surface area contributed by atoms with E-state index in [1.54, 1.807) is 23.2 Å². The predicted molar refractivity (Wildman–Crippen MR) is 146 cm³/mol. The number of morpholine rings is 1. The highest BCUT2D eigenvalue weighted by Gasteiger charge is 2.31. The van der Waals surface area contributed by atoms with Crippen molar-refractivity contribution in [3.63, 3.8) is 0 Å². The molecule has 2 aromatic rings. The summed E-state index contributed by atoms with van der Waals surface area (Å²) in [5.41, 5.74) is 2.42. The molecule has 2 aliphatic rings. The SMILES string of the molecule is CC(=O)c1csc2c1CCN(C(=O)OC(C)(C)C)C2.CCCc1cc(CN2CCOCC2)cc(C(F)(F)F)c1. The van der Waals surface area contributed by atoms with Gasteiger partial charge in [-0.2, -0.15) is 13.2 Å². The summed E-state index contributed by atoms with van der Waals surface area (Å²) in [5.74, 6) is 0.100. The number of fused-ring (bicyclic) bond motifs is 1. The molecule has 2 aliphatic heterocycles. The number of hydrogen-bond donors (Lipinski definition) is 0. The van der Waals surface area contributed by atoms with Gasteiger partial charge in [0.15, 0.2) is 5.78 Å². The second kappa shape index (κ2) is 13.3. The molecule has 3 heterocycles. The Kier molecular flexibility index (Phi) is 10.6. The van der Waals surface area contributed by atoms with E-state index in [4.69, 9.17) is 9.47 Å². The van der Waals surface area contributed by atoms with E-state index in [-0.39, 0.29) is 11.9 Å². The van der Waals surface area contributed by atoms with Crippen molar-refractivity contribution in [1.29, 1.82) is 0 Å². The van der Waals surface area contributed by atoms with E-state index in [0.717, 1.165) is 53.1 Å². The van der Waals surface area contributed by atoms with E-state index in [1.165, 1.54) is 12.1 Å². The zero-order valence-corrected chi connectivity index (χ0v) is 24.3. The molecular weight excluding hydrogens is 529 g/mol. The number of halogens is 3. The highest BCUT2D eigenvalue weighted by atomic mass is 32.1. The average molecular weight is 569 g/mol. The minimum Gasteiger partial charge on any atom is -0.444 e. The quantitative estimate of drug-likeness (QED) is 0.374. The summed E-state index contributed by atoms with van der Waals surface area (Å²) in [4.78, 5) is 28.4. The van der Waals surface area contributed by atoms with Gasteiger partial charge in [-0.05, 0) is 69.4 Å². The third-order valence-corrected chi connectivity index (χ3v) is 7.42. The fraction of sp³-hybridized carbons (Fsp3) is 0.586. The molecular formula is C29H39F3N2O4S. The molecule has 0 spiro atoms. The molecule has 1 saturated heterocycles. The Balaban J connectivity index is 0.000000216. The van der Waals surface area contributed by atoms with Crippen LogP contribution < -0.4 is 0 Å². The van der Waals surface area contributed by atoms with Crippen molar-refractivity contribution in [2.75, 3.05) is 32.8 Å². The summed E-state index contributed by atoms with van der Waals surface area (Å²) in [5, 5.41) is 1.89. The number of thiophene rings is 1. The number of aryl methyl sites for hydroxylation is 1. The van der Waals surface area contributed by atoms with Crippen LogP contribution in [0.2, 0.25) is 0 Å². The number of carbonyl (C=O) groups is 2. The summed E-state index contributed by atoms with van der Waals surface area (Å²) in [6.45, 7) is 13.7. The first-order chi connectivity index (χ1) is 18.3. The second-order valence-electron chi connectivity index (χ2n) is 10.9. The molecule has 0 atom stereocenters. The van der Waals surface area contributed by atoms with Crippen LogP contribution in [0.4, 0.5) is 18.0 Å². The van der Waals surface area contributed by atoms with Gasteiger partial charge < -0.3 is 14.4 Å². The van der Waals surface area contributed by atoms with Gasteiger partial charge in [0.1, 0.15) is 5.60 Å². The lowest BCUT2D eigenvalue weighted by Gasteiger charge is -2.30. The van der Waals surface area contributed by atoms with Gasteiger partial charge in [-0.25, -0.2) is 4.79 Å². The summed E-state index contributed by atoms with van der Waals surface area (Å²) in [6.07, 6.45) is -2.30. The van der Waals surface area contributed by atoms with E-state index in [2.05, 4.69) is 4.90 Å². The molecule has 0 bridgehead atoms. The molecule has 1 fully saturated rings. The van der Waals surface area contributed by atoms with Gasteiger partial charge in [0.2, 0.25) is 0 Å². The average Bonchev–Trinajstić information content (AvgIpc) is 3.27. The third kappa shape index (κ3) is 9.32. The van der Waals surface area contributed by atoms with Crippen molar-refractivity contribution in [2.45, 2.75) is 78.7 Å². The molecule has 1 aromatic carbocycles. The minimum absolute atomic E-state index is 0.100. The van der Waals surface area contributed by atoms with Crippen molar-refractivity contribution >= 4 is 23.2 Å². The second-order valence-corrected chi connectivity index (χ2v) is 11.9. The molecule has 1 amide bonds. The highest BCUT2D eigenvalue weighted by Crippen LogP contribution is 2.32. The van der Waals surface area contributed by atoms with Crippen LogP contribution in [0.3, 0.4) is 0 Å². The summed E-state index contributed by atoms with van der Waals surface area (Å²) >= 11 is 1.55. The van der Waals surface area contributed by atoms with Gasteiger partial charge in [0.25, 0.3) is 0 Å². The molecule has 0 radical (unpaired) electrons. The van der Waals surface area contributed by atoms with Gasteiger partial charge >= 0.3 is 12.3 Å². The smallest absolute Gasteiger partial charge is 0.416 e. The van der Waals surface area contributed by atoms with Crippen LogP contribution in [0.25, 0.3) is 0 Å². The van der Waals surface area contributed by atoms with Crippen LogP contribution in [0, 0.1) is 0 Å². The molecule has 10 heteroatoms. The van der Waals surface area contributed by atoms with Crippen LogP contribution in [-0.4, -0.2) is 60.1 Å². The maximum absolute atomic E-state index is 12.9. The number of amides is 1. The Morgan fingerprint density at radius 3 is 2.31 bits per heavy atom. The summed E-state index contributed by atoms with van der Waals surface area (Å²) in [7, 11) is 0. The number of alkyl halides is 3. The Labute approximate surface area is 233 Å². The lowest BCUT2D eigenvalue weighted by atomic mass is 10.0. The highest BCUT2D eigenvalue weighted by molar-refractivity contribution is 7.10. The lowest BCUT2D eigenvalue weighted by molar-refractivity contribution is -0.137. The van der Waals surface area contributed by atoms with Crippen molar-refractivity contribution in [3.05, 3.63) is 56.3 Å². The zero-order valence-electron chi connectivity index (χ0n) is 23.5. The summed E-state index contributed by atoms with van der Waals surface area (Å²) < 4.78 is 49.4. The number of Topliss-reactive ketones (excluding diaryl/α,β-unsaturated/α-hetero) is 1. The number of rotatable bonds is 5. The van der Waals surface area contributed by atoms with E-state index in [1.807, 2.05) is 39.1 Å². The number of hydrogen-bond acceptors (Lipinski definition) is 6. The number of carbonyl (C=O) groups excluding carboxylic acids is 2. The van der Waals surface area contributed by atoms with Crippen molar-refractivity contribution in [3.8, 4) is 0 Å². The van der Waals surface area contributed by atoms with Gasteiger partial charge in [0, 0.05) is 42.0 Å². The normalized spacial score (nSPS) is 16.3. The van der Waals surface area contributed by atoms with Crippen molar-refractivity contribution < 1.29 is 32.2 Å². The fourth-order valence-corrected chi connectivity index (χ4v) is 5.73. The van der Waals surface area contributed by atoms with Gasteiger partial charge in [-0.1, -0.05) is 19.4 Å². The molecule has 1 aromatic heterocycles. The molecule has 6 nitrogen and oxygen atoms in total. The largest absolute Gasteiger partial charge is 0.444 e. The van der Waals surface area contributed by atoms with Crippen LogP contribution in [0.1, 0.15) is 78.5 Å². The predicted octanol–water partition coefficient (Wildman–Crippen LogP) is 6.73. The fourth-order valence-electron chi connectivity index (χ4n) is 4.57. The number of nitrogens with zero attached hydrogens (tertiary/aromatic N) is 2. The standard InChI is InChI=1S/C15H20F3NO.C14H19NO3S/c1-2-3-12-8-13(10-14(9-12)15(16,17)18)11-19-4-6-20-7-5-19;1-9(16)11-8-19-12-7-15(6-5-10(11)12)13(17)18-14(2,3)4/h8-10H,2-7,11H2,1H3;8H,5-7H2,1-4H3. The molecule has 4 rings (SSSR count). The topological polar surface area (TPSA) is 59.1 Å². The Hall–Kier alpha value is -2.43. The Morgan fingerprint density at radius 2 is 1.72 bits per heavy atom. The number of benzene rings is 1. The number of ketones is 1. The van der Waals surface area contributed by atoms with E-state index >= 15 is 0 Å². The first-order valence-corrected chi connectivity index (χ1v) is 14.2. The molecule has 0 unspecified atom stereocenters. The zero-order chi connectivity index (χ0) is 28.8. The Bertz CT molecular complexity index is 1130. The lowest BCUT2D eigenvalue weighted by Crippen LogP contribution is -2.39. The van der Waals surface area contributed by atoms with E-state index in [0.29, 0.717) is 39.3 Å². The van der Waals surface area contributed by atoms with Crippen LogP contribution >= 0.6 is 11.3 Å². The first kappa shape index (κ1) is 31.1. The summed E-state index contributed by atoms with van der Waals surface area (Å²) in [6, 6.07) is 4.44. The van der Waals surface area contributed by atoms with Crippen molar-refractivity contribution in [1.82, 2.24) is 9.80 Å². The first-order valence-electron chi connectivity index (χ1n) is 13.3. The van der Waals surface area contributed by atoms with E-state index < -0.39 is 17.3 Å². The molecule has 0 saturated carbocycles. The molecule has 0 aliphatic carbocycles. The maximum atomic E-state index is 12.9. The van der Waals surface area contributed by atoms with E-state index in [9.17, 15) is 22.8 Å². The van der Waals surface area contributed by atoms with Gasteiger partial charge in [0.05, 0.1) is 25.3 Å². The van der Waals surface area contributed by atoms with Crippen molar-refractivity contribution in [2.24, 2.45) is 0 Å². The van der Waals surface area contributed by atoms with Crippen LogP contribution in [0.5, 0.6) is 0 Å².